The van der Waals surface area contributed by atoms with E-state index in [2.05, 4.69) is 78.4 Å². The van der Waals surface area contributed by atoms with Gasteiger partial charge in [-0.15, -0.1) is 0 Å². The van der Waals surface area contributed by atoms with Gasteiger partial charge in [-0.25, -0.2) is 4.98 Å². The number of aromatic nitrogens is 4. The fourth-order valence-electron chi connectivity index (χ4n) is 4.97. The molecule has 0 saturated carbocycles. The van der Waals surface area contributed by atoms with Crippen LogP contribution in [0.25, 0.3) is 22.3 Å². The number of rotatable bonds is 7. The van der Waals surface area contributed by atoms with Gasteiger partial charge in [0.05, 0.1) is 0 Å². The van der Waals surface area contributed by atoms with Gasteiger partial charge in [0.15, 0.2) is 0 Å². The second kappa shape index (κ2) is 9.93. The molecule has 3 aromatic heterocycles. The maximum atomic E-state index is 12.7. The van der Waals surface area contributed by atoms with Crippen molar-refractivity contribution in [1.29, 1.82) is 0 Å². The van der Waals surface area contributed by atoms with Gasteiger partial charge < -0.3 is 14.0 Å². The molecule has 1 saturated heterocycles. The van der Waals surface area contributed by atoms with Crippen molar-refractivity contribution in [2.75, 3.05) is 31.1 Å². The Bertz CT molecular complexity index is 1310. The number of aryl methyl sites for hydroxylation is 1. The number of nitrogens with zero attached hydrogens (tertiary/aromatic N) is 6. The molecule has 36 heavy (non-hydrogen) atoms. The van der Waals surface area contributed by atoms with Crippen molar-refractivity contribution in [3.63, 3.8) is 0 Å². The SMILES string of the molecule is CCN(Cc1cn(C)c2ccccc12)CC1CCN(c2ccc(-c3noc(C(F)(F)F)n3)cn2)CC1. The Morgan fingerprint density at radius 2 is 1.89 bits per heavy atom. The van der Waals surface area contributed by atoms with E-state index >= 15 is 0 Å². The molecule has 10 heteroatoms. The van der Waals surface area contributed by atoms with Crippen molar-refractivity contribution in [3.8, 4) is 11.4 Å². The quantitative estimate of drug-likeness (QED) is 0.341. The minimum atomic E-state index is -4.66. The summed E-state index contributed by atoms with van der Waals surface area (Å²) < 4.78 is 44.6. The lowest BCUT2D eigenvalue weighted by Gasteiger charge is -2.35. The number of pyridine rings is 1. The van der Waals surface area contributed by atoms with E-state index in [-0.39, 0.29) is 5.82 Å². The Hall–Kier alpha value is -3.40. The molecule has 1 aromatic carbocycles. The summed E-state index contributed by atoms with van der Waals surface area (Å²) in [5, 5.41) is 4.74. The molecule has 1 fully saturated rings. The predicted octanol–water partition coefficient (Wildman–Crippen LogP) is 5.38. The van der Waals surface area contributed by atoms with E-state index < -0.39 is 12.1 Å². The fourth-order valence-corrected chi connectivity index (χ4v) is 4.97. The number of piperidine rings is 1. The lowest BCUT2D eigenvalue weighted by molar-refractivity contribution is -0.159. The summed E-state index contributed by atoms with van der Waals surface area (Å²) >= 11 is 0. The summed E-state index contributed by atoms with van der Waals surface area (Å²) in [6.45, 7) is 6.99. The van der Waals surface area contributed by atoms with E-state index in [0.29, 0.717) is 11.5 Å². The molecule has 4 heterocycles. The van der Waals surface area contributed by atoms with Crippen LogP contribution in [0.4, 0.5) is 19.0 Å². The molecule has 0 radical (unpaired) electrons. The van der Waals surface area contributed by atoms with Crippen LogP contribution in [0.3, 0.4) is 0 Å². The third-order valence-electron chi connectivity index (χ3n) is 6.95. The first-order valence-electron chi connectivity index (χ1n) is 12.2. The van der Waals surface area contributed by atoms with Gasteiger partial charge in [-0.2, -0.15) is 18.2 Å². The van der Waals surface area contributed by atoms with Crippen LogP contribution in [0.5, 0.6) is 0 Å². The Morgan fingerprint density at radius 3 is 2.56 bits per heavy atom. The first-order chi connectivity index (χ1) is 17.3. The summed E-state index contributed by atoms with van der Waals surface area (Å²) in [5.74, 6) is -0.0634. The molecule has 0 bridgehead atoms. The molecule has 190 valence electrons. The standard InChI is InChI=1S/C26H29F3N6O/c1-3-34(17-20-16-33(2)22-7-5-4-6-21(20)22)15-18-10-12-35(13-11-18)23-9-8-19(14-30-23)24-31-25(36-32-24)26(27,28)29/h4-9,14,16,18H,3,10-13,15,17H2,1-2H3. The summed E-state index contributed by atoms with van der Waals surface area (Å²) in [4.78, 5) is 12.6. The molecular weight excluding hydrogens is 469 g/mol. The number of halogens is 3. The Morgan fingerprint density at radius 1 is 1.11 bits per heavy atom. The Kier molecular flexibility index (Phi) is 6.70. The molecule has 0 unspecified atom stereocenters. The normalized spacial score (nSPS) is 15.3. The molecule has 5 rings (SSSR count). The lowest BCUT2D eigenvalue weighted by atomic mass is 9.96. The van der Waals surface area contributed by atoms with Gasteiger partial charge in [0.2, 0.25) is 5.82 Å². The van der Waals surface area contributed by atoms with Crippen molar-refractivity contribution < 1.29 is 17.7 Å². The van der Waals surface area contributed by atoms with Crippen LogP contribution in [-0.2, 0) is 19.8 Å². The highest BCUT2D eigenvalue weighted by molar-refractivity contribution is 5.83. The Balaban J connectivity index is 1.17. The lowest BCUT2D eigenvalue weighted by Crippen LogP contribution is -2.39. The zero-order valence-electron chi connectivity index (χ0n) is 20.4. The van der Waals surface area contributed by atoms with Crippen LogP contribution < -0.4 is 4.90 Å². The monoisotopic (exact) mass is 498 g/mol. The first kappa shape index (κ1) is 24.3. The molecule has 0 N–H and O–H groups in total. The minimum Gasteiger partial charge on any atom is -0.357 e. The van der Waals surface area contributed by atoms with Gasteiger partial charge in [-0.3, -0.25) is 4.90 Å². The zero-order valence-corrected chi connectivity index (χ0v) is 20.4. The number of benzene rings is 1. The molecule has 7 nitrogen and oxygen atoms in total. The average molecular weight is 499 g/mol. The molecule has 1 aliphatic heterocycles. The molecule has 4 aromatic rings. The molecular formula is C26H29F3N6O. The van der Waals surface area contributed by atoms with Gasteiger partial charge in [0.1, 0.15) is 5.82 Å². The smallest absolute Gasteiger partial charge is 0.357 e. The highest BCUT2D eigenvalue weighted by Gasteiger charge is 2.38. The highest BCUT2D eigenvalue weighted by Crippen LogP contribution is 2.30. The minimum absolute atomic E-state index is 0.120. The van der Waals surface area contributed by atoms with E-state index in [1.54, 1.807) is 12.1 Å². The number of fused-ring (bicyclic) bond motifs is 1. The third-order valence-corrected chi connectivity index (χ3v) is 6.95. The molecule has 0 aliphatic carbocycles. The van der Waals surface area contributed by atoms with Crippen LogP contribution in [0.2, 0.25) is 0 Å². The molecule has 0 atom stereocenters. The van der Waals surface area contributed by atoms with Crippen molar-refractivity contribution in [2.45, 2.75) is 32.5 Å². The number of para-hydroxylation sites is 1. The van der Waals surface area contributed by atoms with Crippen LogP contribution in [0.15, 0.2) is 53.3 Å². The van der Waals surface area contributed by atoms with E-state index in [9.17, 15) is 13.2 Å². The van der Waals surface area contributed by atoms with Crippen LogP contribution in [0.1, 0.15) is 31.2 Å². The summed E-state index contributed by atoms with van der Waals surface area (Å²) in [6.07, 6.45) is 1.20. The van der Waals surface area contributed by atoms with Crippen LogP contribution >= 0.6 is 0 Å². The van der Waals surface area contributed by atoms with Crippen molar-refractivity contribution >= 4 is 16.7 Å². The van der Waals surface area contributed by atoms with Crippen LogP contribution in [0, 0.1) is 5.92 Å². The van der Waals surface area contributed by atoms with Crippen molar-refractivity contribution in [3.05, 3.63) is 60.2 Å². The molecule has 1 aliphatic rings. The van der Waals surface area contributed by atoms with E-state index in [1.165, 1.54) is 22.7 Å². The number of anilines is 1. The number of hydrogen-bond donors (Lipinski definition) is 0. The molecule has 0 amide bonds. The summed E-state index contributed by atoms with van der Waals surface area (Å²) in [5.41, 5.74) is 3.01. The topological polar surface area (TPSA) is 63.2 Å². The maximum absolute atomic E-state index is 12.7. The van der Waals surface area contributed by atoms with Gasteiger partial charge in [-0.1, -0.05) is 30.3 Å². The number of hydrogen-bond acceptors (Lipinski definition) is 6. The fraction of sp³-hybridized carbons (Fsp3) is 0.423. The average Bonchev–Trinajstić information content (AvgIpc) is 3.50. The van der Waals surface area contributed by atoms with Gasteiger partial charge in [0.25, 0.3) is 0 Å². The summed E-state index contributed by atoms with van der Waals surface area (Å²) in [7, 11) is 2.10. The van der Waals surface area contributed by atoms with Gasteiger partial charge in [0, 0.05) is 62.1 Å². The summed E-state index contributed by atoms with van der Waals surface area (Å²) in [6, 6.07) is 12.0. The van der Waals surface area contributed by atoms with E-state index in [4.69, 9.17) is 0 Å². The highest BCUT2D eigenvalue weighted by atomic mass is 19.4. The van der Waals surface area contributed by atoms with Crippen molar-refractivity contribution in [2.24, 2.45) is 13.0 Å². The third kappa shape index (κ3) is 5.09. The van der Waals surface area contributed by atoms with Crippen LogP contribution in [-0.4, -0.2) is 50.8 Å². The second-order valence-corrected chi connectivity index (χ2v) is 9.37. The molecule has 0 spiro atoms. The predicted molar refractivity (Wildman–Crippen MR) is 131 cm³/mol. The first-order valence-corrected chi connectivity index (χ1v) is 12.2. The largest absolute Gasteiger partial charge is 0.471 e. The van der Waals surface area contributed by atoms with Gasteiger partial charge in [-0.05, 0) is 49.1 Å². The maximum Gasteiger partial charge on any atom is 0.471 e. The van der Waals surface area contributed by atoms with E-state index in [1.807, 2.05) is 0 Å². The van der Waals surface area contributed by atoms with E-state index in [0.717, 1.165) is 51.4 Å². The number of alkyl halides is 3. The zero-order chi connectivity index (χ0) is 25.3. The van der Waals surface area contributed by atoms with Gasteiger partial charge >= 0.3 is 12.1 Å². The van der Waals surface area contributed by atoms with Crippen molar-refractivity contribution in [1.82, 2.24) is 24.6 Å². The Labute approximate surface area is 207 Å². The second-order valence-electron chi connectivity index (χ2n) is 9.37.